The van der Waals surface area contributed by atoms with Crippen molar-refractivity contribution in [1.82, 2.24) is 10.2 Å². The number of amides is 2. The number of alkyl carbamates (subject to hydrolysis) is 1. The van der Waals surface area contributed by atoms with Crippen molar-refractivity contribution >= 4 is 41.2 Å². The van der Waals surface area contributed by atoms with Crippen LogP contribution < -0.4 is 5.32 Å². The zero-order chi connectivity index (χ0) is 23.6. The number of carbonyl (C=O) groups excluding carboxylic acids is 2. The van der Waals surface area contributed by atoms with Crippen molar-refractivity contribution in [2.75, 3.05) is 24.8 Å². The van der Waals surface area contributed by atoms with Crippen LogP contribution >= 0.6 is 23.2 Å². The molecule has 0 aliphatic carbocycles. The lowest BCUT2D eigenvalue weighted by Crippen LogP contribution is -2.41. The highest BCUT2D eigenvalue weighted by Gasteiger charge is 2.23. The number of hydrogen-bond acceptors (Lipinski definition) is 4. The largest absolute Gasteiger partial charge is 0.481 e. The Hall–Kier alpha value is -1.99. The van der Waals surface area contributed by atoms with Gasteiger partial charge in [-0.15, -0.1) is 23.2 Å². The van der Waals surface area contributed by atoms with E-state index in [0.29, 0.717) is 36.8 Å². The van der Waals surface area contributed by atoms with Gasteiger partial charge < -0.3 is 20.1 Å². The number of hydrogen-bond donors (Lipinski definition) is 2. The zero-order valence-electron chi connectivity index (χ0n) is 18.5. The molecule has 1 atom stereocenters. The molecule has 0 radical (unpaired) electrons. The lowest BCUT2D eigenvalue weighted by Gasteiger charge is -2.24. The first kappa shape index (κ1) is 27.0. The van der Waals surface area contributed by atoms with Crippen LogP contribution in [0.3, 0.4) is 0 Å². The zero-order valence-corrected chi connectivity index (χ0v) is 20.1. The van der Waals surface area contributed by atoms with Crippen molar-refractivity contribution in [2.45, 2.75) is 58.6 Å². The van der Waals surface area contributed by atoms with E-state index in [-0.39, 0.29) is 18.7 Å². The topological polar surface area (TPSA) is 95.9 Å². The quantitative estimate of drug-likeness (QED) is 0.471. The van der Waals surface area contributed by atoms with Crippen LogP contribution in [0, 0.1) is 0 Å². The van der Waals surface area contributed by atoms with Gasteiger partial charge in [0.15, 0.2) is 0 Å². The molecule has 9 heteroatoms. The highest BCUT2D eigenvalue weighted by atomic mass is 35.5. The van der Waals surface area contributed by atoms with Crippen molar-refractivity contribution in [2.24, 2.45) is 0 Å². The Morgan fingerprint density at radius 3 is 2.23 bits per heavy atom. The van der Waals surface area contributed by atoms with Gasteiger partial charge in [0.25, 0.3) is 5.91 Å². The summed E-state index contributed by atoms with van der Waals surface area (Å²) in [4.78, 5) is 38.0. The Labute approximate surface area is 194 Å². The van der Waals surface area contributed by atoms with Crippen molar-refractivity contribution < 1.29 is 24.2 Å². The number of aliphatic carboxylic acids is 1. The number of carbonyl (C=O) groups is 3. The molecule has 0 bridgehead atoms. The fourth-order valence-electron chi connectivity index (χ4n) is 3.12. The summed E-state index contributed by atoms with van der Waals surface area (Å²) in [6.07, 6.45) is -0.00534. The van der Waals surface area contributed by atoms with E-state index in [1.54, 1.807) is 37.8 Å². The predicted molar refractivity (Wildman–Crippen MR) is 122 cm³/mol. The first-order valence-corrected chi connectivity index (χ1v) is 11.3. The van der Waals surface area contributed by atoms with E-state index in [0.717, 1.165) is 11.1 Å². The third-order valence-corrected chi connectivity index (χ3v) is 4.78. The van der Waals surface area contributed by atoms with Gasteiger partial charge in [-0.2, -0.15) is 0 Å². The molecule has 2 N–H and O–H groups in total. The van der Waals surface area contributed by atoms with E-state index in [1.807, 2.05) is 13.0 Å². The number of alkyl halides is 2. The fraction of sp³-hybridized carbons (Fsp3) is 0.591. The van der Waals surface area contributed by atoms with Crippen LogP contribution in [0.25, 0.3) is 0 Å². The second kappa shape index (κ2) is 12.8. The van der Waals surface area contributed by atoms with E-state index in [1.165, 1.54) is 0 Å². The molecule has 31 heavy (non-hydrogen) atoms. The maximum Gasteiger partial charge on any atom is 0.407 e. The molecule has 0 aliphatic rings. The van der Waals surface area contributed by atoms with Crippen LogP contribution in [0.5, 0.6) is 0 Å². The van der Waals surface area contributed by atoms with Gasteiger partial charge >= 0.3 is 12.1 Å². The lowest BCUT2D eigenvalue weighted by atomic mass is 9.94. The Morgan fingerprint density at radius 2 is 1.74 bits per heavy atom. The first-order valence-electron chi connectivity index (χ1n) is 10.2. The van der Waals surface area contributed by atoms with Gasteiger partial charge in [0.05, 0.1) is 6.42 Å². The predicted octanol–water partition coefficient (Wildman–Crippen LogP) is 4.08. The molecule has 0 aliphatic heterocycles. The second-order valence-corrected chi connectivity index (χ2v) is 8.91. The summed E-state index contributed by atoms with van der Waals surface area (Å²) in [5, 5.41) is 11.9. The number of carboxylic acid groups (broad SMARTS) is 1. The van der Waals surface area contributed by atoms with E-state index in [4.69, 9.17) is 27.9 Å². The number of benzene rings is 1. The Bertz CT molecular complexity index is 759. The SMILES string of the molecule is CCc1ccc(C(=O)N(CCCl)CCCl)cc1C[C@@H](CC(=O)O)NC(=O)OC(C)(C)C. The molecular weight excluding hydrogens is 443 g/mol. The van der Waals surface area contributed by atoms with Gasteiger partial charge in [-0.1, -0.05) is 13.0 Å². The van der Waals surface area contributed by atoms with Gasteiger partial charge in [0, 0.05) is 36.5 Å². The van der Waals surface area contributed by atoms with Crippen molar-refractivity contribution in [3.05, 3.63) is 34.9 Å². The standard InChI is InChI=1S/C22H32Cl2N2O5/c1-5-15-6-7-16(20(29)26(10-8-23)11-9-24)12-17(15)13-18(14-19(27)28)25-21(30)31-22(2,3)4/h6-7,12,18H,5,8-11,13-14H2,1-4H3,(H,25,30)(H,27,28)/t18-/m0/s1. The van der Waals surface area contributed by atoms with Crippen LogP contribution in [0.2, 0.25) is 0 Å². The molecule has 0 saturated heterocycles. The van der Waals surface area contributed by atoms with Crippen molar-refractivity contribution in [3.63, 3.8) is 0 Å². The van der Waals surface area contributed by atoms with Gasteiger partial charge in [-0.05, 0) is 56.9 Å². The smallest absolute Gasteiger partial charge is 0.407 e. The highest BCUT2D eigenvalue weighted by molar-refractivity contribution is 6.18. The summed E-state index contributed by atoms with van der Waals surface area (Å²) in [6, 6.07) is 4.66. The third-order valence-electron chi connectivity index (χ3n) is 4.44. The second-order valence-electron chi connectivity index (χ2n) is 8.15. The summed E-state index contributed by atoms with van der Waals surface area (Å²) in [7, 11) is 0. The van der Waals surface area contributed by atoms with Crippen LogP contribution in [0.4, 0.5) is 4.79 Å². The minimum Gasteiger partial charge on any atom is -0.481 e. The molecule has 0 spiro atoms. The Morgan fingerprint density at radius 1 is 1.13 bits per heavy atom. The molecule has 0 heterocycles. The normalized spacial score (nSPS) is 12.2. The molecular formula is C22H32Cl2N2O5. The fourth-order valence-corrected chi connectivity index (χ4v) is 3.53. The number of halogens is 2. The number of nitrogens with zero attached hydrogens (tertiary/aromatic N) is 1. The lowest BCUT2D eigenvalue weighted by molar-refractivity contribution is -0.137. The molecule has 2 amide bonds. The molecule has 0 unspecified atom stereocenters. The Balaban J connectivity index is 3.14. The number of rotatable bonds is 11. The molecule has 174 valence electrons. The summed E-state index contributed by atoms with van der Waals surface area (Å²) >= 11 is 11.6. The molecule has 1 aromatic rings. The van der Waals surface area contributed by atoms with Crippen molar-refractivity contribution in [1.29, 1.82) is 0 Å². The van der Waals surface area contributed by atoms with E-state index in [2.05, 4.69) is 5.32 Å². The number of nitrogens with one attached hydrogen (secondary N) is 1. The van der Waals surface area contributed by atoms with Gasteiger partial charge in [0.2, 0.25) is 0 Å². The summed E-state index contributed by atoms with van der Waals surface area (Å²) < 4.78 is 5.26. The summed E-state index contributed by atoms with van der Waals surface area (Å²) in [5.74, 6) is -0.645. The molecule has 0 fully saturated rings. The molecule has 7 nitrogen and oxygen atoms in total. The molecule has 0 aromatic heterocycles. The van der Waals surface area contributed by atoms with Gasteiger partial charge in [-0.3, -0.25) is 9.59 Å². The van der Waals surface area contributed by atoms with Crippen LogP contribution in [-0.4, -0.2) is 64.5 Å². The average Bonchev–Trinajstić information content (AvgIpc) is 2.65. The monoisotopic (exact) mass is 474 g/mol. The number of carboxylic acids is 1. The van der Waals surface area contributed by atoms with Crippen molar-refractivity contribution in [3.8, 4) is 0 Å². The highest BCUT2D eigenvalue weighted by Crippen LogP contribution is 2.18. The number of ether oxygens (including phenoxy) is 1. The van der Waals surface area contributed by atoms with E-state index in [9.17, 15) is 19.5 Å². The van der Waals surface area contributed by atoms with Crippen LogP contribution in [-0.2, 0) is 22.4 Å². The Kier molecular flexibility index (Phi) is 11.1. The maximum absolute atomic E-state index is 12.9. The van der Waals surface area contributed by atoms with Crippen LogP contribution in [0.15, 0.2) is 18.2 Å². The minimum absolute atomic E-state index is 0.194. The minimum atomic E-state index is -1.04. The average molecular weight is 475 g/mol. The first-order chi connectivity index (χ1) is 14.5. The summed E-state index contributed by atoms with van der Waals surface area (Å²) in [5.41, 5.74) is 1.54. The maximum atomic E-state index is 12.9. The third kappa shape index (κ3) is 9.78. The molecule has 0 saturated carbocycles. The molecule has 1 aromatic carbocycles. The number of aryl methyl sites for hydroxylation is 1. The van der Waals surface area contributed by atoms with Gasteiger partial charge in [0.1, 0.15) is 5.60 Å². The van der Waals surface area contributed by atoms with Gasteiger partial charge in [-0.25, -0.2) is 4.79 Å². The molecule has 1 rings (SSSR count). The van der Waals surface area contributed by atoms with Crippen LogP contribution in [0.1, 0.15) is 55.6 Å². The van der Waals surface area contributed by atoms with E-state index >= 15 is 0 Å². The summed E-state index contributed by atoms with van der Waals surface area (Å²) in [6.45, 7) is 7.92. The van der Waals surface area contributed by atoms with E-state index < -0.39 is 23.7 Å².